The van der Waals surface area contributed by atoms with E-state index >= 15 is 0 Å². The number of methoxy groups -OCH3 is 1. The van der Waals surface area contributed by atoms with E-state index in [2.05, 4.69) is 24.3 Å². The van der Waals surface area contributed by atoms with Gasteiger partial charge in [0.1, 0.15) is 5.75 Å². The van der Waals surface area contributed by atoms with Crippen LogP contribution in [0.3, 0.4) is 0 Å². The normalized spacial score (nSPS) is 10.7. The van der Waals surface area contributed by atoms with Crippen molar-refractivity contribution in [2.24, 2.45) is 5.92 Å². The molecule has 0 unspecified atom stereocenters. The molecule has 2 aromatic rings. The predicted octanol–water partition coefficient (Wildman–Crippen LogP) is 2.81. The van der Waals surface area contributed by atoms with Crippen LogP contribution in [0.1, 0.15) is 35.7 Å². The fourth-order valence-electron chi connectivity index (χ4n) is 1.97. The number of amides is 1. The van der Waals surface area contributed by atoms with Crippen LogP contribution >= 0.6 is 0 Å². The van der Waals surface area contributed by atoms with Crippen molar-refractivity contribution < 1.29 is 14.1 Å². The molecular formula is C16H20N2O3. The van der Waals surface area contributed by atoms with E-state index in [1.165, 1.54) is 0 Å². The van der Waals surface area contributed by atoms with Crippen LogP contribution in [0.25, 0.3) is 0 Å². The summed E-state index contributed by atoms with van der Waals surface area (Å²) in [5, 5.41) is 6.79. The molecule has 21 heavy (non-hydrogen) atoms. The lowest BCUT2D eigenvalue weighted by Crippen LogP contribution is -2.22. The number of ether oxygens (including phenoxy) is 1. The smallest absolute Gasteiger partial charge is 0.251 e. The first-order valence-corrected chi connectivity index (χ1v) is 6.95. The van der Waals surface area contributed by atoms with Crippen LogP contribution in [0.2, 0.25) is 0 Å². The van der Waals surface area contributed by atoms with Crippen LogP contribution < -0.4 is 10.1 Å². The monoisotopic (exact) mass is 288 g/mol. The van der Waals surface area contributed by atoms with Crippen molar-refractivity contribution in [2.45, 2.75) is 26.8 Å². The van der Waals surface area contributed by atoms with E-state index in [1.54, 1.807) is 31.4 Å². The standard InChI is InChI=1S/C16H20N2O3/c1-11(2)8-13-9-15(21-18-13)10-17-16(19)12-4-6-14(20-3)7-5-12/h4-7,9,11H,8,10H2,1-3H3,(H,17,19). The quantitative estimate of drug-likeness (QED) is 0.887. The highest BCUT2D eigenvalue weighted by atomic mass is 16.5. The molecule has 0 aliphatic carbocycles. The van der Waals surface area contributed by atoms with Gasteiger partial charge in [0.15, 0.2) is 5.76 Å². The lowest BCUT2D eigenvalue weighted by atomic mass is 10.1. The van der Waals surface area contributed by atoms with Crippen LogP contribution in [0.4, 0.5) is 0 Å². The Morgan fingerprint density at radius 2 is 2.05 bits per heavy atom. The number of carbonyl (C=O) groups is 1. The first-order chi connectivity index (χ1) is 10.1. The summed E-state index contributed by atoms with van der Waals surface area (Å²) in [6.07, 6.45) is 0.871. The minimum atomic E-state index is -0.153. The van der Waals surface area contributed by atoms with Crippen molar-refractivity contribution in [3.05, 3.63) is 47.3 Å². The van der Waals surface area contributed by atoms with Crippen molar-refractivity contribution in [1.29, 1.82) is 0 Å². The first-order valence-electron chi connectivity index (χ1n) is 6.95. The second-order valence-corrected chi connectivity index (χ2v) is 5.29. The Morgan fingerprint density at radius 3 is 2.67 bits per heavy atom. The van der Waals surface area contributed by atoms with Crippen LogP contribution in [-0.2, 0) is 13.0 Å². The summed E-state index contributed by atoms with van der Waals surface area (Å²) in [6.45, 7) is 4.58. The third kappa shape index (κ3) is 4.34. The number of carbonyl (C=O) groups excluding carboxylic acids is 1. The zero-order valence-electron chi connectivity index (χ0n) is 12.6. The summed E-state index contributed by atoms with van der Waals surface area (Å²) in [7, 11) is 1.59. The molecule has 0 aliphatic heterocycles. The summed E-state index contributed by atoms with van der Waals surface area (Å²) in [4.78, 5) is 12.0. The van der Waals surface area contributed by atoms with Crippen molar-refractivity contribution in [2.75, 3.05) is 7.11 Å². The Hall–Kier alpha value is -2.30. The maximum Gasteiger partial charge on any atom is 0.251 e. The first kappa shape index (κ1) is 15.1. The molecule has 1 aromatic carbocycles. The molecular weight excluding hydrogens is 268 g/mol. The van der Waals surface area contributed by atoms with Gasteiger partial charge in [0.2, 0.25) is 0 Å². The molecule has 1 N–H and O–H groups in total. The third-order valence-electron chi connectivity index (χ3n) is 3.00. The van der Waals surface area contributed by atoms with E-state index in [0.29, 0.717) is 23.8 Å². The topological polar surface area (TPSA) is 64.4 Å². The number of benzene rings is 1. The molecule has 0 saturated heterocycles. The molecule has 2 rings (SSSR count). The molecule has 5 nitrogen and oxygen atoms in total. The third-order valence-corrected chi connectivity index (χ3v) is 3.00. The minimum absolute atomic E-state index is 0.153. The van der Waals surface area contributed by atoms with E-state index < -0.39 is 0 Å². The predicted molar refractivity (Wildman–Crippen MR) is 79.2 cm³/mol. The van der Waals surface area contributed by atoms with Crippen LogP contribution in [-0.4, -0.2) is 18.2 Å². The second-order valence-electron chi connectivity index (χ2n) is 5.29. The largest absolute Gasteiger partial charge is 0.497 e. The second kappa shape index (κ2) is 6.92. The summed E-state index contributed by atoms with van der Waals surface area (Å²) in [5.41, 5.74) is 1.50. The average Bonchev–Trinajstić information content (AvgIpc) is 2.91. The Bertz CT molecular complexity index is 588. The molecule has 1 heterocycles. The minimum Gasteiger partial charge on any atom is -0.497 e. The SMILES string of the molecule is COc1ccc(C(=O)NCc2cc(CC(C)C)no2)cc1. The molecule has 0 atom stereocenters. The number of rotatable bonds is 6. The van der Waals surface area contributed by atoms with Crippen LogP contribution in [0.5, 0.6) is 5.75 Å². The molecule has 0 saturated carbocycles. The van der Waals surface area contributed by atoms with Gasteiger partial charge < -0.3 is 14.6 Å². The Balaban J connectivity index is 1.89. The van der Waals surface area contributed by atoms with Gasteiger partial charge in [0.05, 0.1) is 19.3 Å². The van der Waals surface area contributed by atoms with E-state index in [1.807, 2.05) is 6.07 Å². The summed E-state index contributed by atoms with van der Waals surface area (Å²) in [6, 6.07) is 8.83. The van der Waals surface area contributed by atoms with Gasteiger partial charge >= 0.3 is 0 Å². The van der Waals surface area contributed by atoms with E-state index in [0.717, 1.165) is 17.9 Å². The van der Waals surface area contributed by atoms with Gasteiger partial charge in [-0.25, -0.2) is 0 Å². The van der Waals surface area contributed by atoms with Gasteiger partial charge in [-0.2, -0.15) is 0 Å². The van der Waals surface area contributed by atoms with Gasteiger partial charge in [-0.05, 0) is 36.6 Å². The lowest BCUT2D eigenvalue weighted by molar-refractivity contribution is 0.0947. The number of hydrogen-bond acceptors (Lipinski definition) is 4. The van der Waals surface area contributed by atoms with Crippen molar-refractivity contribution in [3.63, 3.8) is 0 Å². The maximum absolute atomic E-state index is 12.0. The fourth-order valence-corrected chi connectivity index (χ4v) is 1.97. The molecule has 0 bridgehead atoms. The maximum atomic E-state index is 12.0. The van der Waals surface area contributed by atoms with Gasteiger partial charge in [-0.3, -0.25) is 4.79 Å². The lowest BCUT2D eigenvalue weighted by Gasteiger charge is -2.04. The highest BCUT2D eigenvalue weighted by molar-refractivity contribution is 5.94. The van der Waals surface area contributed by atoms with E-state index in [9.17, 15) is 4.79 Å². The molecule has 5 heteroatoms. The molecule has 0 radical (unpaired) electrons. The van der Waals surface area contributed by atoms with Crippen LogP contribution in [0.15, 0.2) is 34.9 Å². The van der Waals surface area contributed by atoms with Gasteiger partial charge in [0.25, 0.3) is 5.91 Å². The molecule has 0 spiro atoms. The van der Waals surface area contributed by atoms with Crippen molar-refractivity contribution >= 4 is 5.91 Å². The highest BCUT2D eigenvalue weighted by Crippen LogP contribution is 2.12. The van der Waals surface area contributed by atoms with Gasteiger partial charge in [-0.15, -0.1) is 0 Å². The molecule has 0 aliphatic rings. The summed E-state index contributed by atoms with van der Waals surface area (Å²) < 4.78 is 10.3. The average molecular weight is 288 g/mol. The fraction of sp³-hybridized carbons (Fsp3) is 0.375. The van der Waals surface area contributed by atoms with Crippen LogP contribution in [0, 0.1) is 5.92 Å². The van der Waals surface area contributed by atoms with E-state index in [-0.39, 0.29) is 5.91 Å². The number of nitrogens with one attached hydrogen (secondary N) is 1. The zero-order chi connectivity index (χ0) is 15.2. The Morgan fingerprint density at radius 1 is 1.33 bits per heavy atom. The molecule has 1 amide bonds. The highest BCUT2D eigenvalue weighted by Gasteiger charge is 2.09. The van der Waals surface area contributed by atoms with Crippen molar-refractivity contribution in [1.82, 2.24) is 10.5 Å². The number of hydrogen-bond donors (Lipinski definition) is 1. The number of nitrogens with zero attached hydrogens (tertiary/aromatic N) is 1. The summed E-state index contributed by atoms with van der Waals surface area (Å²) in [5.74, 6) is 1.75. The molecule has 112 valence electrons. The van der Waals surface area contributed by atoms with Gasteiger partial charge in [-0.1, -0.05) is 19.0 Å². The zero-order valence-corrected chi connectivity index (χ0v) is 12.6. The Labute approximate surface area is 124 Å². The number of aromatic nitrogens is 1. The van der Waals surface area contributed by atoms with Crippen molar-refractivity contribution in [3.8, 4) is 5.75 Å². The molecule has 0 fully saturated rings. The van der Waals surface area contributed by atoms with E-state index in [4.69, 9.17) is 9.26 Å². The van der Waals surface area contributed by atoms with Gasteiger partial charge in [0, 0.05) is 11.6 Å². The summed E-state index contributed by atoms with van der Waals surface area (Å²) >= 11 is 0. The molecule has 1 aromatic heterocycles. The Kier molecular flexibility index (Phi) is 4.98.